The minimum atomic E-state index is 0.590. The van der Waals surface area contributed by atoms with E-state index in [0.717, 1.165) is 54.6 Å². The molecule has 3 aromatic rings. The lowest BCUT2D eigenvalue weighted by atomic mass is 10.0. The van der Waals surface area contributed by atoms with E-state index in [4.69, 9.17) is 4.52 Å². The first-order valence-corrected chi connectivity index (χ1v) is 8.72. The summed E-state index contributed by atoms with van der Waals surface area (Å²) in [4.78, 5) is 8.99. The molecule has 0 saturated carbocycles. The van der Waals surface area contributed by atoms with Gasteiger partial charge in [0.25, 0.3) is 0 Å². The predicted molar refractivity (Wildman–Crippen MR) is 93.4 cm³/mol. The van der Waals surface area contributed by atoms with E-state index < -0.39 is 0 Å². The Labute approximate surface area is 146 Å². The summed E-state index contributed by atoms with van der Waals surface area (Å²) in [5.74, 6) is 2.79. The fraction of sp³-hybridized carbons (Fsp3) is 0.444. The van der Waals surface area contributed by atoms with Gasteiger partial charge in [0.1, 0.15) is 0 Å². The van der Waals surface area contributed by atoms with Gasteiger partial charge in [-0.1, -0.05) is 5.16 Å². The Balaban J connectivity index is 1.46. The number of pyridine rings is 1. The van der Waals surface area contributed by atoms with Crippen molar-refractivity contribution in [3.05, 3.63) is 41.7 Å². The minimum absolute atomic E-state index is 0.590. The highest BCUT2D eigenvalue weighted by Crippen LogP contribution is 2.19. The lowest BCUT2D eigenvalue weighted by molar-refractivity contribution is 0.365. The van der Waals surface area contributed by atoms with E-state index >= 15 is 0 Å². The van der Waals surface area contributed by atoms with E-state index in [0.29, 0.717) is 11.7 Å². The van der Waals surface area contributed by atoms with E-state index in [2.05, 4.69) is 25.5 Å². The fourth-order valence-corrected chi connectivity index (χ4v) is 3.27. The molecule has 0 radical (unpaired) electrons. The molecular formula is C18H22N6O. The number of nitrogens with one attached hydrogen (secondary N) is 1. The molecule has 1 atom stereocenters. The molecule has 1 fully saturated rings. The summed E-state index contributed by atoms with van der Waals surface area (Å²) in [6, 6.07) is 5.91. The van der Waals surface area contributed by atoms with Crippen LogP contribution in [-0.4, -0.2) is 38.0 Å². The maximum absolute atomic E-state index is 5.39. The smallest absolute Gasteiger partial charge is 0.226 e. The maximum Gasteiger partial charge on any atom is 0.226 e. The number of hydrogen-bond acceptors (Lipinski definition) is 6. The van der Waals surface area contributed by atoms with Crippen LogP contribution in [0.3, 0.4) is 0 Å². The van der Waals surface area contributed by atoms with E-state index in [1.807, 2.05) is 36.7 Å². The van der Waals surface area contributed by atoms with Crippen molar-refractivity contribution in [2.24, 2.45) is 5.92 Å². The number of aromatic nitrogens is 5. The van der Waals surface area contributed by atoms with Crippen LogP contribution < -0.4 is 5.32 Å². The molecule has 25 heavy (non-hydrogen) atoms. The van der Waals surface area contributed by atoms with Gasteiger partial charge in [0.15, 0.2) is 5.82 Å². The zero-order valence-corrected chi connectivity index (χ0v) is 14.6. The van der Waals surface area contributed by atoms with Crippen molar-refractivity contribution in [2.45, 2.75) is 33.1 Å². The summed E-state index contributed by atoms with van der Waals surface area (Å²) < 4.78 is 7.22. The number of hydrogen-bond donors (Lipinski definition) is 1. The molecule has 4 rings (SSSR count). The molecule has 1 unspecified atom stereocenters. The highest BCUT2D eigenvalue weighted by molar-refractivity contribution is 5.53. The van der Waals surface area contributed by atoms with Crippen molar-refractivity contribution in [1.29, 1.82) is 0 Å². The monoisotopic (exact) mass is 338 g/mol. The topological polar surface area (TPSA) is 81.7 Å². The third-order valence-corrected chi connectivity index (χ3v) is 4.63. The summed E-state index contributed by atoms with van der Waals surface area (Å²) in [5, 5.41) is 11.9. The standard InChI is InChI=1S/C18H22N6O/c1-12-9-13(2)24(22-12)16-5-4-15(11-20-16)18-21-17(25-23-18)6-3-14-7-8-19-10-14/h4-5,9,11,14,19H,3,6-8,10H2,1-2H3. The average Bonchev–Trinajstić information content (AvgIpc) is 3.34. The highest BCUT2D eigenvalue weighted by atomic mass is 16.5. The fourth-order valence-electron chi connectivity index (χ4n) is 3.27. The molecule has 1 N–H and O–H groups in total. The van der Waals surface area contributed by atoms with Gasteiger partial charge >= 0.3 is 0 Å². The first-order valence-electron chi connectivity index (χ1n) is 8.72. The SMILES string of the molecule is Cc1cc(C)n(-c2ccc(-c3noc(CCC4CCNC4)n3)cn2)n1. The predicted octanol–water partition coefficient (Wildman–Crippen LogP) is 2.48. The average molecular weight is 338 g/mol. The molecule has 1 aliphatic heterocycles. The van der Waals surface area contributed by atoms with Gasteiger partial charge < -0.3 is 9.84 Å². The van der Waals surface area contributed by atoms with Crippen LogP contribution in [0.2, 0.25) is 0 Å². The Morgan fingerprint density at radius 3 is 2.92 bits per heavy atom. The van der Waals surface area contributed by atoms with Gasteiger partial charge in [-0.2, -0.15) is 10.1 Å². The molecule has 0 aromatic carbocycles. The number of aryl methyl sites for hydroxylation is 3. The summed E-state index contributed by atoms with van der Waals surface area (Å²) in [5.41, 5.74) is 2.88. The van der Waals surface area contributed by atoms with Crippen molar-refractivity contribution < 1.29 is 4.52 Å². The quantitative estimate of drug-likeness (QED) is 0.770. The lowest BCUT2D eigenvalue weighted by Gasteiger charge is -2.04. The van der Waals surface area contributed by atoms with Crippen LogP contribution in [0.4, 0.5) is 0 Å². The maximum atomic E-state index is 5.39. The Morgan fingerprint density at radius 2 is 2.24 bits per heavy atom. The van der Waals surface area contributed by atoms with Crippen molar-refractivity contribution in [2.75, 3.05) is 13.1 Å². The molecule has 1 saturated heterocycles. The summed E-state index contributed by atoms with van der Waals surface area (Å²) in [6.45, 7) is 6.20. The summed E-state index contributed by atoms with van der Waals surface area (Å²) >= 11 is 0. The zero-order valence-electron chi connectivity index (χ0n) is 14.6. The third-order valence-electron chi connectivity index (χ3n) is 4.63. The van der Waals surface area contributed by atoms with Crippen LogP contribution in [0.25, 0.3) is 17.2 Å². The second kappa shape index (κ2) is 6.76. The van der Waals surface area contributed by atoms with E-state index in [1.165, 1.54) is 6.42 Å². The van der Waals surface area contributed by atoms with Crippen LogP contribution in [-0.2, 0) is 6.42 Å². The molecule has 0 aliphatic carbocycles. The Kier molecular flexibility index (Phi) is 4.31. The molecule has 7 heteroatoms. The Hall–Kier alpha value is -2.54. The summed E-state index contributed by atoms with van der Waals surface area (Å²) in [7, 11) is 0. The van der Waals surface area contributed by atoms with Gasteiger partial charge in [-0.25, -0.2) is 9.67 Å². The van der Waals surface area contributed by atoms with Crippen LogP contribution >= 0.6 is 0 Å². The lowest BCUT2D eigenvalue weighted by Crippen LogP contribution is -2.09. The highest BCUT2D eigenvalue weighted by Gasteiger charge is 2.16. The van der Waals surface area contributed by atoms with Gasteiger partial charge in [0.2, 0.25) is 11.7 Å². The summed E-state index contributed by atoms with van der Waals surface area (Å²) in [6.07, 6.45) is 4.92. The molecule has 4 heterocycles. The molecule has 0 bridgehead atoms. The largest absolute Gasteiger partial charge is 0.339 e. The van der Waals surface area contributed by atoms with E-state index in [9.17, 15) is 0 Å². The van der Waals surface area contributed by atoms with Gasteiger partial charge in [0.05, 0.1) is 5.69 Å². The van der Waals surface area contributed by atoms with Gasteiger partial charge in [-0.05, 0) is 63.9 Å². The molecule has 0 spiro atoms. The normalized spacial score (nSPS) is 17.3. The van der Waals surface area contributed by atoms with Gasteiger partial charge in [-0.3, -0.25) is 0 Å². The molecule has 1 aliphatic rings. The molecular weight excluding hydrogens is 316 g/mol. The van der Waals surface area contributed by atoms with Gasteiger partial charge in [-0.15, -0.1) is 0 Å². The van der Waals surface area contributed by atoms with Gasteiger partial charge in [0, 0.05) is 23.9 Å². The van der Waals surface area contributed by atoms with Crippen molar-refractivity contribution >= 4 is 0 Å². The minimum Gasteiger partial charge on any atom is -0.339 e. The molecule has 3 aromatic heterocycles. The van der Waals surface area contributed by atoms with E-state index in [1.54, 1.807) is 6.20 Å². The molecule has 7 nitrogen and oxygen atoms in total. The van der Waals surface area contributed by atoms with Crippen LogP contribution in [0.15, 0.2) is 28.9 Å². The molecule has 0 amide bonds. The van der Waals surface area contributed by atoms with Crippen LogP contribution in [0.5, 0.6) is 0 Å². The van der Waals surface area contributed by atoms with Crippen molar-refractivity contribution in [3.8, 4) is 17.2 Å². The second-order valence-corrected chi connectivity index (χ2v) is 6.65. The number of nitrogens with zero attached hydrogens (tertiary/aromatic N) is 5. The third kappa shape index (κ3) is 3.46. The van der Waals surface area contributed by atoms with E-state index in [-0.39, 0.29) is 0 Å². The zero-order chi connectivity index (χ0) is 17.2. The first-order chi connectivity index (χ1) is 12.2. The first kappa shape index (κ1) is 16.0. The number of rotatable bonds is 5. The second-order valence-electron chi connectivity index (χ2n) is 6.65. The van der Waals surface area contributed by atoms with Crippen molar-refractivity contribution in [1.82, 2.24) is 30.2 Å². The Morgan fingerprint density at radius 1 is 1.32 bits per heavy atom. The molecule has 130 valence electrons. The van der Waals surface area contributed by atoms with Crippen molar-refractivity contribution in [3.63, 3.8) is 0 Å². The Bertz CT molecular complexity index is 845. The van der Waals surface area contributed by atoms with Crippen LogP contribution in [0, 0.1) is 19.8 Å². The van der Waals surface area contributed by atoms with Crippen LogP contribution in [0.1, 0.15) is 30.1 Å².